The molecule has 0 saturated heterocycles. The lowest BCUT2D eigenvalue weighted by Gasteiger charge is -2.10. The van der Waals surface area contributed by atoms with E-state index in [1.165, 1.54) is 18.2 Å². The topological polar surface area (TPSA) is 93.1 Å². The van der Waals surface area contributed by atoms with Crippen LogP contribution in [0.4, 0.5) is 5.69 Å². The number of hydrogen-bond acceptors (Lipinski definition) is 4. The maximum atomic E-state index is 12.5. The highest BCUT2D eigenvalue weighted by atomic mass is 35.5. The molecule has 158 valence electrons. The summed E-state index contributed by atoms with van der Waals surface area (Å²) in [5.41, 5.74) is 1.15. The maximum absolute atomic E-state index is 12.5. The van der Waals surface area contributed by atoms with Crippen LogP contribution in [0.2, 0.25) is 10.0 Å². The van der Waals surface area contributed by atoms with Crippen LogP contribution in [-0.2, 0) is 27.8 Å². The van der Waals surface area contributed by atoms with Gasteiger partial charge < -0.3 is 5.32 Å². The van der Waals surface area contributed by atoms with Gasteiger partial charge >= 0.3 is 0 Å². The molecule has 0 unspecified atom stereocenters. The predicted molar refractivity (Wildman–Crippen MR) is 117 cm³/mol. The van der Waals surface area contributed by atoms with Crippen molar-refractivity contribution in [3.8, 4) is 0 Å². The normalized spacial score (nSPS) is 11.3. The molecular weight excluding hydrogens is 447 g/mol. The predicted octanol–water partition coefficient (Wildman–Crippen LogP) is 3.74. The van der Waals surface area contributed by atoms with Gasteiger partial charge in [0.1, 0.15) is 0 Å². The van der Waals surface area contributed by atoms with Gasteiger partial charge in [0.2, 0.25) is 5.91 Å². The number of carbonyl (C=O) groups is 1. The van der Waals surface area contributed by atoms with E-state index in [0.717, 1.165) is 18.5 Å². The number of nitrogens with one attached hydrogen (secondary N) is 2. The molecule has 0 aliphatic heterocycles. The molecule has 0 radical (unpaired) electrons. The van der Waals surface area contributed by atoms with E-state index in [2.05, 4.69) is 15.1 Å². The van der Waals surface area contributed by atoms with Crippen LogP contribution in [0.15, 0.2) is 65.8 Å². The van der Waals surface area contributed by atoms with E-state index in [4.69, 9.17) is 23.2 Å². The van der Waals surface area contributed by atoms with E-state index in [1.54, 1.807) is 30.5 Å². The zero-order valence-corrected chi connectivity index (χ0v) is 18.2. The Morgan fingerprint density at radius 3 is 2.50 bits per heavy atom. The van der Waals surface area contributed by atoms with Crippen molar-refractivity contribution in [1.29, 1.82) is 0 Å². The lowest BCUT2D eigenvalue weighted by Crippen LogP contribution is -2.26. The minimum atomic E-state index is -3.80. The monoisotopic (exact) mass is 466 g/mol. The van der Waals surface area contributed by atoms with Gasteiger partial charge in [0.25, 0.3) is 10.0 Å². The summed E-state index contributed by atoms with van der Waals surface area (Å²) in [4.78, 5) is 12.1. The van der Waals surface area contributed by atoms with Gasteiger partial charge in [-0.3, -0.25) is 14.2 Å². The van der Waals surface area contributed by atoms with Gasteiger partial charge in [-0.15, -0.1) is 0 Å². The highest BCUT2D eigenvalue weighted by molar-refractivity contribution is 7.92. The molecule has 10 heteroatoms. The molecule has 0 fully saturated rings. The van der Waals surface area contributed by atoms with Crippen LogP contribution in [0.3, 0.4) is 0 Å². The number of sulfonamides is 1. The Morgan fingerprint density at radius 1 is 1.07 bits per heavy atom. The fourth-order valence-corrected chi connectivity index (χ4v) is 4.15. The number of aryl methyl sites for hydroxylation is 1. The number of anilines is 1. The first-order valence-corrected chi connectivity index (χ1v) is 11.4. The number of nitrogens with zero attached hydrogens (tertiary/aromatic N) is 2. The molecule has 0 atom stereocenters. The minimum Gasteiger partial charge on any atom is -0.356 e. The Hall–Kier alpha value is -2.55. The molecule has 1 aromatic heterocycles. The summed E-state index contributed by atoms with van der Waals surface area (Å²) in [6.07, 6.45) is 4.58. The van der Waals surface area contributed by atoms with Crippen LogP contribution in [0, 0.1) is 0 Å². The molecule has 0 aliphatic rings. The van der Waals surface area contributed by atoms with Crippen LogP contribution in [0.25, 0.3) is 0 Å². The summed E-state index contributed by atoms with van der Waals surface area (Å²) in [6, 6.07) is 12.6. The Balaban J connectivity index is 1.50. The Labute approximate surface area is 185 Å². The molecule has 2 N–H and O–H groups in total. The molecule has 30 heavy (non-hydrogen) atoms. The van der Waals surface area contributed by atoms with Crippen LogP contribution in [0.1, 0.15) is 12.0 Å². The standard InChI is InChI=1S/C20H20Cl2N4O3S/c21-18-8-7-17(14-19(18)22)30(28,29)25-16-5-3-15(4-6-16)13-20(27)23-9-1-11-26-12-2-10-24-26/h2-8,10,12,14,25H,1,9,11,13H2,(H,23,27). The van der Waals surface area contributed by atoms with Gasteiger partial charge in [-0.1, -0.05) is 35.3 Å². The van der Waals surface area contributed by atoms with Crippen molar-refractivity contribution < 1.29 is 13.2 Å². The lowest BCUT2D eigenvalue weighted by molar-refractivity contribution is -0.120. The van der Waals surface area contributed by atoms with Crippen LogP contribution in [0.5, 0.6) is 0 Å². The second-order valence-corrected chi connectivity index (χ2v) is 9.02. The molecule has 0 aliphatic carbocycles. The lowest BCUT2D eigenvalue weighted by atomic mass is 10.1. The molecule has 0 spiro atoms. The number of amides is 1. The van der Waals surface area contributed by atoms with Gasteiger partial charge in [-0.05, 0) is 48.4 Å². The minimum absolute atomic E-state index is 0.00969. The Bertz CT molecular complexity index is 1100. The largest absolute Gasteiger partial charge is 0.356 e. The summed E-state index contributed by atoms with van der Waals surface area (Å²) >= 11 is 11.7. The second-order valence-electron chi connectivity index (χ2n) is 6.53. The van der Waals surface area contributed by atoms with Crippen molar-refractivity contribution in [3.63, 3.8) is 0 Å². The van der Waals surface area contributed by atoms with Crippen LogP contribution in [-0.4, -0.2) is 30.7 Å². The molecular formula is C20H20Cl2N4O3S. The molecule has 3 rings (SSSR count). The number of carbonyl (C=O) groups excluding carboxylic acids is 1. The molecule has 1 amide bonds. The Morgan fingerprint density at radius 2 is 1.83 bits per heavy atom. The summed E-state index contributed by atoms with van der Waals surface area (Å²) < 4.78 is 29.2. The van der Waals surface area contributed by atoms with Crippen molar-refractivity contribution in [3.05, 3.63) is 76.5 Å². The van der Waals surface area contributed by atoms with E-state index in [-0.39, 0.29) is 27.3 Å². The zero-order valence-electron chi connectivity index (χ0n) is 15.9. The molecule has 7 nitrogen and oxygen atoms in total. The van der Waals surface area contributed by atoms with Crippen molar-refractivity contribution >= 4 is 44.8 Å². The van der Waals surface area contributed by atoms with Gasteiger partial charge in [0.05, 0.1) is 21.4 Å². The average Bonchev–Trinajstić information content (AvgIpc) is 3.22. The summed E-state index contributed by atoms with van der Waals surface area (Å²) in [5.74, 6) is -0.0976. The summed E-state index contributed by atoms with van der Waals surface area (Å²) in [5, 5.41) is 7.40. The van der Waals surface area contributed by atoms with Crippen molar-refractivity contribution in [2.45, 2.75) is 24.3 Å². The first-order chi connectivity index (χ1) is 14.3. The fraction of sp³-hybridized carbons (Fsp3) is 0.200. The van der Waals surface area contributed by atoms with E-state index < -0.39 is 10.0 Å². The fourth-order valence-electron chi connectivity index (χ4n) is 2.70. The molecule has 0 saturated carbocycles. The first-order valence-electron chi connectivity index (χ1n) is 9.14. The van der Waals surface area contributed by atoms with Crippen LogP contribution >= 0.6 is 23.2 Å². The molecule has 2 aromatic carbocycles. The number of benzene rings is 2. The third-order valence-electron chi connectivity index (χ3n) is 4.22. The SMILES string of the molecule is O=C(Cc1ccc(NS(=O)(=O)c2ccc(Cl)c(Cl)c2)cc1)NCCCn1cccn1. The maximum Gasteiger partial charge on any atom is 0.261 e. The summed E-state index contributed by atoms with van der Waals surface area (Å²) in [7, 11) is -3.80. The van der Waals surface area contributed by atoms with Gasteiger partial charge in [-0.2, -0.15) is 5.10 Å². The highest BCUT2D eigenvalue weighted by Gasteiger charge is 2.16. The van der Waals surface area contributed by atoms with E-state index >= 15 is 0 Å². The smallest absolute Gasteiger partial charge is 0.261 e. The van der Waals surface area contributed by atoms with Gasteiger partial charge in [0, 0.05) is 31.2 Å². The quantitative estimate of drug-likeness (QED) is 0.469. The molecule has 0 bridgehead atoms. The third-order valence-corrected chi connectivity index (χ3v) is 6.34. The van der Waals surface area contributed by atoms with E-state index in [9.17, 15) is 13.2 Å². The third kappa shape index (κ3) is 6.22. The van der Waals surface area contributed by atoms with Crippen LogP contribution < -0.4 is 10.0 Å². The molecule has 3 aromatic rings. The highest BCUT2D eigenvalue weighted by Crippen LogP contribution is 2.26. The number of hydrogen-bond donors (Lipinski definition) is 2. The van der Waals surface area contributed by atoms with E-state index in [1.807, 2.05) is 16.9 Å². The van der Waals surface area contributed by atoms with Gasteiger partial charge in [0.15, 0.2) is 0 Å². The number of rotatable bonds is 9. The first kappa shape index (κ1) is 22.1. The van der Waals surface area contributed by atoms with Crippen molar-refractivity contribution in [1.82, 2.24) is 15.1 Å². The van der Waals surface area contributed by atoms with E-state index in [0.29, 0.717) is 12.2 Å². The van der Waals surface area contributed by atoms with Gasteiger partial charge in [-0.25, -0.2) is 8.42 Å². The number of halogens is 2. The molecule has 1 heterocycles. The zero-order chi connectivity index (χ0) is 21.6. The van der Waals surface area contributed by atoms with Crippen molar-refractivity contribution in [2.75, 3.05) is 11.3 Å². The van der Waals surface area contributed by atoms with Crippen molar-refractivity contribution in [2.24, 2.45) is 0 Å². The number of aromatic nitrogens is 2. The summed E-state index contributed by atoms with van der Waals surface area (Å²) in [6.45, 7) is 1.29. The Kier molecular flexibility index (Phi) is 7.36. The average molecular weight is 467 g/mol. The second kappa shape index (κ2) is 9.97.